The molecular weight excluding hydrogens is 291 g/mol. The van der Waals surface area contributed by atoms with E-state index in [-0.39, 0.29) is 5.54 Å². The SMILES string of the molecule is CCC1CNC2(CCCC2)CN1c1c(Cl)cccc1Cl. The maximum atomic E-state index is 6.43. The summed E-state index contributed by atoms with van der Waals surface area (Å²) in [6.45, 7) is 4.28. The van der Waals surface area contributed by atoms with Crippen molar-refractivity contribution in [3.05, 3.63) is 28.2 Å². The fraction of sp³-hybridized carbons (Fsp3) is 0.625. The lowest BCUT2D eigenvalue weighted by molar-refractivity contribution is 0.267. The highest BCUT2D eigenvalue weighted by Gasteiger charge is 2.41. The second-order valence-electron chi connectivity index (χ2n) is 6.13. The topological polar surface area (TPSA) is 15.3 Å². The molecule has 0 bridgehead atoms. The number of hydrogen-bond acceptors (Lipinski definition) is 2. The summed E-state index contributed by atoms with van der Waals surface area (Å²) >= 11 is 12.9. The Balaban J connectivity index is 1.95. The summed E-state index contributed by atoms with van der Waals surface area (Å²) in [5.74, 6) is 0. The van der Waals surface area contributed by atoms with E-state index in [2.05, 4.69) is 17.1 Å². The molecule has 1 saturated carbocycles. The number of hydrogen-bond donors (Lipinski definition) is 1. The zero-order chi connectivity index (χ0) is 14.2. The van der Waals surface area contributed by atoms with E-state index in [0.29, 0.717) is 6.04 Å². The van der Waals surface area contributed by atoms with Crippen LogP contribution in [0.15, 0.2) is 18.2 Å². The van der Waals surface area contributed by atoms with Crippen LogP contribution < -0.4 is 10.2 Å². The van der Waals surface area contributed by atoms with Crippen LogP contribution in [0, 0.1) is 0 Å². The van der Waals surface area contributed by atoms with Crippen molar-refractivity contribution in [2.24, 2.45) is 0 Å². The van der Waals surface area contributed by atoms with E-state index in [4.69, 9.17) is 23.2 Å². The second-order valence-corrected chi connectivity index (χ2v) is 6.94. The molecule has 1 N–H and O–H groups in total. The Morgan fingerprint density at radius 2 is 1.90 bits per heavy atom. The second kappa shape index (κ2) is 5.75. The van der Waals surface area contributed by atoms with Crippen LogP contribution in [0.5, 0.6) is 0 Å². The summed E-state index contributed by atoms with van der Waals surface area (Å²) < 4.78 is 0. The third-order valence-corrected chi connectivity index (χ3v) is 5.49. The zero-order valence-electron chi connectivity index (χ0n) is 12.0. The molecule has 1 aliphatic carbocycles. The molecule has 4 heteroatoms. The fourth-order valence-electron chi connectivity index (χ4n) is 3.73. The molecule has 0 amide bonds. The van der Waals surface area contributed by atoms with Crippen molar-refractivity contribution in [3.63, 3.8) is 0 Å². The van der Waals surface area contributed by atoms with E-state index in [1.165, 1.54) is 25.7 Å². The molecule has 1 aliphatic heterocycles. The predicted molar refractivity (Wildman–Crippen MR) is 87.1 cm³/mol. The molecule has 1 aromatic rings. The van der Waals surface area contributed by atoms with Crippen LogP contribution in [-0.4, -0.2) is 24.7 Å². The molecule has 1 heterocycles. The Morgan fingerprint density at radius 1 is 1.25 bits per heavy atom. The molecule has 0 aromatic heterocycles. The van der Waals surface area contributed by atoms with Crippen LogP contribution in [0.4, 0.5) is 5.69 Å². The van der Waals surface area contributed by atoms with Crippen molar-refractivity contribution in [2.45, 2.75) is 50.6 Å². The standard InChI is InChI=1S/C16H22Cl2N2/c1-2-12-10-19-16(8-3-4-9-16)11-20(12)15-13(17)6-5-7-14(15)18/h5-7,12,19H,2-4,8-11H2,1H3. The first-order chi connectivity index (χ1) is 9.65. The first kappa shape index (κ1) is 14.5. The van der Waals surface area contributed by atoms with Crippen LogP contribution in [-0.2, 0) is 0 Å². The number of rotatable bonds is 2. The summed E-state index contributed by atoms with van der Waals surface area (Å²) in [6.07, 6.45) is 6.29. The maximum Gasteiger partial charge on any atom is 0.0748 e. The van der Waals surface area contributed by atoms with E-state index in [1.54, 1.807) is 0 Å². The third kappa shape index (κ3) is 2.54. The molecule has 2 aliphatic rings. The monoisotopic (exact) mass is 312 g/mol. The van der Waals surface area contributed by atoms with E-state index >= 15 is 0 Å². The maximum absolute atomic E-state index is 6.43. The number of benzene rings is 1. The van der Waals surface area contributed by atoms with Gasteiger partial charge in [-0.2, -0.15) is 0 Å². The van der Waals surface area contributed by atoms with Crippen molar-refractivity contribution in [1.82, 2.24) is 5.32 Å². The van der Waals surface area contributed by atoms with Gasteiger partial charge in [0.1, 0.15) is 0 Å². The minimum Gasteiger partial charge on any atom is -0.363 e. The molecule has 0 radical (unpaired) electrons. The minimum absolute atomic E-state index is 0.272. The van der Waals surface area contributed by atoms with Crippen LogP contribution in [0.3, 0.4) is 0 Å². The Kier molecular flexibility index (Phi) is 4.16. The summed E-state index contributed by atoms with van der Waals surface area (Å²) in [5.41, 5.74) is 1.30. The fourth-order valence-corrected chi connectivity index (χ4v) is 4.35. The molecule has 110 valence electrons. The van der Waals surface area contributed by atoms with Gasteiger partial charge < -0.3 is 10.2 Å². The summed E-state index contributed by atoms with van der Waals surface area (Å²) in [7, 11) is 0. The first-order valence-corrected chi connectivity index (χ1v) is 8.36. The van der Waals surface area contributed by atoms with Gasteiger partial charge in [0.05, 0.1) is 15.7 Å². The molecule has 3 rings (SSSR count). The van der Waals surface area contributed by atoms with Gasteiger partial charge in [0.2, 0.25) is 0 Å². The van der Waals surface area contributed by atoms with Gasteiger partial charge in [-0.25, -0.2) is 0 Å². The number of para-hydroxylation sites is 1. The molecule has 1 aromatic carbocycles. The number of piperazine rings is 1. The smallest absolute Gasteiger partial charge is 0.0748 e. The Labute approximate surface area is 131 Å². The average molecular weight is 313 g/mol. The highest BCUT2D eigenvalue weighted by Crippen LogP contribution is 2.40. The van der Waals surface area contributed by atoms with Crippen molar-refractivity contribution in [3.8, 4) is 0 Å². The quantitative estimate of drug-likeness (QED) is 0.865. The van der Waals surface area contributed by atoms with Gasteiger partial charge in [-0.05, 0) is 31.4 Å². The molecule has 1 atom stereocenters. The Hall–Kier alpha value is -0.440. The van der Waals surface area contributed by atoms with Crippen molar-refractivity contribution in [2.75, 3.05) is 18.0 Å². The van der Waals surface area contributed by atoms with Gasteiger partial charge in [0.15, 0.2) is 0 Å². The summed E-state index contributed by atoms with van der Waals surface area (Å²) in [5, 5.41) is 5.35. The van der Waals surface area contributed by atoms with E-state index in [9.17, 15) is 0 Å². The highest BCUT2D eigenvalue weighted by atomic mass is 35.5. The number of nitrogens with one attached hydrogen (secondary N) is 1. The molecular formula is C16H22Cl2N2. The molecule has 1 saturated heterocycles. The van der Waals surface area contributed by atoms with Crippen LogP contribution in [0.25, 0.3) is 0 Å². The molecule has 1 unspecified atom stereocenters. The molecule has 2 nitrogen and oxygen atoms in total. The third-order valence-electron chi connectivity index (χ3n) is 4.88. The van der Waals surface area contributed by atoms with Gasteiger partial charge in [-0.15, -0.1) is 0 Å². The lowest BCUT2D eigenvalue weighted by atomic mass is 9.91. The Morgan fingerprint density at radius 3 is 2.50 bits per heavy atom. The molecule has 20 heavy (non-hydrogen) atoms. The van der Waals surface area contributed by atoms with Gasteiger partial charge in [-0.3, -0.25) is 0 Å². The minimum atomic E-state index is 0.272. The number of anilines is 1. The van der Waals surface area contributed by atoms with E-state index in [1.807, 2.05) is 18.2 Å². The number of nitrogens with zero attached hydrogens (tertiary/aromatic N) is 1. The van der Waals surface area contributed by atoms with E-state index < -0.39 is 0 Å². The predicted octanol–water partition coefficient (Wildman–Crippen LogP) is 4.49. The zero-order valence-corrected chi connectivity index (χ0v) is 13.5. The van der Waals surface area contributed by atoms with Crippen LogP contribution in [0.1, 0.15) is 39.0 Å². The van der Waals surface area contributed by atoms with E-state index in [0.717, 1.165) is 35.2 Å². The largest absolute Gasteiger partial charge is 0.363 e. The lowest BCUT2D eigenvalue weighted by Gasteiger charge is -2.48. The van der Waals surface area contributed by atoms with Gasteiger partial charge in [-0.1, -0.05) is 49.0 Å². The number of halogens is 2. The summed E-state index contributed by atoms with van der Waals surface area (Å²) in [4.78, 5) is 2.45. The van der Waals surface area contributed by atoms with Crippen molar-refractivity contribution < 1.29 is 0 Å². The Bertz CT molecular complexity index is 463. The molecule has 1 spiro atoms. The molecule has 2 fully saturated rings. The normalized spacial score (nSPS) is 25.4. The van der Waals surface area contributed by atoms with Crippen molar-refractivity contribution >= 4 is 28.9 Å². The highest BCUT2D eigenvalue weighted by molar-refractivity contribution is 6.39. The first-order valence-electron chi connectivity index (χ1n) is 7.61. The van der Waals surface area contributed by atoms with Gasteiger partial charge >= 0.3 is 0 Å². The van der Waals surface area contributed by atoms with Crippen LogP contribution in [0.2, 0.25) is 10.0 Å². The van der Waals surface area contributed by atoms with Gasteiger partial charge in [0, 0.05) is 24.7 Å². The van der Waals surface area contributed by atoms with Gasteiger partial charge in [0.25, 0.3) is 0 Å². The lowest BCUT2D eigenvalue weighted by Crippen LogP contribution is -2.63. The summed E-state index contributed by atoms with van der Waals surface area (Å²) in [6, 6.07) is 6.28. The average Bonchev–Trinajstić information content (AvgIpc) is 2.87. The van der Waals surface area contributed by atoms with Crippen molar-refractivity contribution in [1.29, 1.82) is 0 Å². The van der Waals surface area contributed by atoms with Crippen LogP contribution >= 0.6 is 23.2 Å².